The van der Waals surface area contributed by atoms with Crippen molar-refractivity contribution < 1.29 is 14.3 Å². The van der Waals surface area contributed by atoms with E-state index in [1.165, 1.54) is 0 Å². The molecule has 1 amide bonds. The van der Waals surface area contributed by atoms with Gasteiger partial charge in [-0.3, -0.25) is 0 Å². The average molecular weight is 246 g/mol. The second kappa shape index (κ2) is 8.31. The van der Waals surface area contributed by atoms with Crippen molar-refractivity contribution in [1.82, 2.24) is 10.2 Å². The minimum atomic E-state index is -0.354. The Labute approximate surface area is 104 Å². The number of amides is 1. The van der Waals surface area contributed by atoms with E-state index in [0.717, 1.165) is 13.0 Å². The van der Waals surface area contributed by atoms with Crippen LogP contribution >= 0.6 is 0 Å². The topological polar surface area (TPSA) is 50.8 Å². The maximum absolute atomic E-state index is 11.4. The predicted molar refractivity (Wildman–Crippen MR) is 68.2 cm³/mol. The third-order valence-electron chi connectivity index (χ3n) is 2.18. The zero-order valence-electron chi connectivity index (χ0n) is 11.7. The molecule has 0 aromatic rings. The highest BCUT2D eigenvalue weighted by molar-refractivity contribution is 5.67. The molecule has 0 spiro atoms. The molecular weight excluding hydrogens is 220 g/mol. The van der Waals surface area contributed by atoms with Gasteiger partial charge in [0, 0.05) is 19.1 Å². The van der Waals surface area contributed by atoms with E-state index in [9.17, 15) is 4.79 Å². The van der Waals surface area contributed by atoms with Gasteiger partial charge in [0.05, 0.1) is 6.61 Å². The summed E-state index contributed by atoms with van der Waals surface area (Å²) in [7, 11) is 5.65. The van der Waals surface area contributed by atoms with Gasteiger partial charge in [0.2, 0.25) is 0 Å². The number of hydrogen-bond donors (Lipinski definition) is 1. The van der Waals surface area contributed by atoms with Gasteiger partial charge in [-0.25, -0.2) is 4.79 Å². The molecule has 1 N–H and O–H groups in total. The van der Waals surface area contributed by atoms with Gasteiger partial charge in [0.1, 0.15) is 6.61 Å². The molecule has 0 heterocycles. The van der Waals surface area contributed by atoms with Crippen molar-refractivity contribution in [2.45, 2.75) is 20.3 Å². The summed E-state index contributed by atoms with van der Waals surface area (Å²) >= 11 is 0. The number of alkyl carbamates (subject to hydrolysis) is 1. The van der Waals surface area contributed by atoms with Gasteiger partial charge in [-0.15, -0.1) is 0 Å². The Morgan fingerprint density at radius 2 is 1.94 bits per heavy atom. The van der Waals surface area contributed by atoms with Gasteiger partial charge in [0.25, 0.3) is 0 Å². The molecule has 0 aliphatic rings. The molecule has 0 bridgehead atoms. The minimum absolute atomic E-state index is 0.143. The van der Waals surface area contributed by atoms with Gasteiger partial charge in [-0.2, -0.15) is 0 Å². The van der Waals surface area contributed by atoms with Crippen molar-refractivity contribution in [3.8, 4) is 0 Å². The number of carbonyl (C=O) groups excluding carboxylic acids is 1. The molecule has 0 aliphatic heterocycles. The van der Waals surface area contributed by atoms with Crippen LogP contribution in [0.15, 0.2) is 0 Å². The van der Waals surface area contributed by atoms with Crippen LogP contribution < -0.4 is 5.32 Å². The molecular formula is C12H26N2O3. The molecule has 5 heteroatoms. The molecule has 0 saturated carbocycles. The highest BCUT2D eigenvalue weighted by atomic mass is 16.6. The highest BCUT2D eigenvalue weighted by Gasteiger charge is 2.19. The maximum Gasteiger partial charge on any atom is 0.407 e. The molecule has 17 heavy (non-hydrogen) atoms. The molecule has 102 valence electrons. The van der Waals surface area contributed by atoms with Crippen molar-refractivity contribution in [3.05, 3.63) is 0 Å². The van der Waals surface area contributed by atoms with E-state index in [0.29, 0.717) is 19.8 Å². The zero-order valence-corrected chi connectivity index (χ0v) is 11.7. The van der Waals surface area contributed by atoms with Crippen molar-refractivity contribution in [1.29, 1.82) is 0 Å². The average Bonchev–Trinajstić information content (AvgIpc) is 2.21. The van der Waals surface area contributed by atoms with E-state index in [2.05, 4.69) is 10.2 Å². The van der Waals surface area contributed by atoms with Crippen LogP contribution in [0.3, 0.4) is 0 Å². The Kier molecular flexibility index (Phi) is 7.91. The molecule has 0 rings (SSSR count). The van der Waals surface area contributed by atoms with E-state index in [-0.39, 0.29) is 11.5 Å². The smallest absolute Gasteiger partial charge is 0.407 e. The predicted octanol–water partition coefficient (Wildman–Crippen LogP) is 1.34. The van der Waals surface area contributed by atoms with Gasteiger partial charge < -0.3 is 19.7 Å². The van der Waals surface area contributed by atoms with E-state index in [1.807, 2.05) is 27.9 Å². The second-order valence-corrected chi connectivity index (χ2v) is 5.26. The second-order valence-electron chi connectivity index (χ2n) is 5.26. The highest BCUT2D eigenvalue weighted by Crippen LogP contribution is 2.15. The Bertz CT molecular complexity index is 218. The van der Waals surface area contributed by atoms with E-state index < -0.39 is 0 Å². The zero-order chi connectivity index (χ0) is 13.3. The van der Waals surface area contributed by atoms with Crippen molar-refractivity contribution in [3.63, 3.8) is 0 Å². The first kappa shape index (κ1) is 16.2. The van der Waals surface area contributed by atoms with Crippen LogP contribution in [0.5, 0.6) is 0 Å². The third kappa shape index (κ3) is 10.1. The molecule has 5 nitrogen and oxygen atoms in total. The Morgan fingerprint density at radius 1 is 1.29 bits per heavy atom. The molecule has 0 radical (unpaired) electrons. The Balaban J connectivity index is 3.59. The lowest BCUT2D eigenvalue weighted by Gasteiger charge is -2.22. The number of carbonyl (C=O) groups is 1. The lowest BCUT2D eigenvalue weighted by atomic mass is 9.96. The van der Waals surface area contributed by atoms with Crippen LogP contribution in [0, 0.1) is 5.41 Å². The van der Waals surface area contributed by atoms with Crippen molar-refractivity contribution in [2.24, 2.45) is 5.41 Å². The SMILES string of the molecule is COCC(C)(C)COC(=O)NCCCN(C)C. The Hall–Kier alpha value is -0.810. The van der Waals surface area contributed by atoms with E-state index in [4.69, 9.17) is 9.47 Å². The summed E-state index contributed by atoms with van der Waals surface area (Å²) in [6.07, 6.45) is 0.566. The number of hydrogen-bond acceptors (Lipinski definition) is 4. The van der Waals surface area contributed by atoms with Gasteiger partial charge in [0.15, 0.2) is 0 Å². The standard InChI is InChI=1S/C12H26N2O3/c1-12(2,9-16-5)10-17-11(15)13-7-6-8-14(3)4/h6-10H2,1-5H3,(H,13,15). The van der Waals surface area contributed by atoms with Gasteiger partial charge >= 0.3 is 6.09 Å². The fraction of sp³-hybridized carbons (Fsp3) is 0.917. The summed E-state index contributed by atoms with van der Waals surface area (Å²) in [5, 5.41) is 2.72. The molecule has 0 saturated heterocycles. The van der Waals surface area contributed by atoms with Crippen LogP contribution in [0.2, 0.25) is 0 Å². The number of ether oxygens (including phenoxy) is 2. The lowest BCUT2D eigenvalue weighted by Crippen LogP contribution is -2.32. The van der Waals surface area contributed by atoms with Crippen molar-refractivity contribution >= 4 is 6.09 Å². The number of methoxy groups -OCH3 is 1. The first-order valence-corrected chi connectivity index (χ1v) is 5.92. The number of nitrogens with one attached hydrogen (secondary N) is 1. The number of rotatable bonds is 8. The molecule has 0 unspecified atom stereocenters. The first-order valence-electron chi connectivity index (χ1n) is 5.92. The maximum atomic E-state index is 11.4. The summed E-state index contributed by atoms with van der Waals surface area (Å²) in [6.45, 7) is 6.52. The van der Waals surface area contributed by atoms with Crippen molar-refractivity contribution in [2.75, 3.05) is 47.5 Å². The lowest BCUT2D eigenvalue weighted by molar-refractivity contribution is 0.0406. The summed E-state index contributed by atoms with van der Waals surface area (Å²) in [5.74, 6) is 0. The first-order chi connectivity index (χ1) is 7.87. The summed E-state index contributed by atoms with van der Waals surface area (Å²) < 4.78 is 10.2. The van der Waals surface area contributed by atoms with Crippen LogP contribution in [0.1, 0.15) is 20.3 Å². The van der Waals surface area contributed by atoms with Crippen LogP contribution in [0.4, 0.5) is 4.79 Å². The van der Waals surface area contributed by atoms with Gasteiger partial charge in [-0.1, -0.05) is 13.8 Å². The molecule has 0 aromatic carbocycles. The van der Waals surface area contributed by atoms with E-state index in [1.54, 1.807) is 7.11 Å². The monoisotopic (exact) mass is 246 g/mol. The summed E-state index contributed by atoms with van der Waals surface area (Å²) in [4.78, 5) is 13.4. The minimum Gasteiger partial charge on any atom is -0.449 e. The van der Waals surface area contributed by atoms with Crippen LogP contribution in [-0.4, -0.2) is 58.5 Å². The normalized spacial score (nSPS) is 11.6. The molecule has 0 aliphatic carbocycles. The molecule has 0 aromatic heterocycles. The van der Waals surface area contributed by atoms with Crippen LogP contribution in [0.25, 0.3) is 0 Å². The number of nitrogens with zero attached hydrogens (tertiary/aromatic N) is 1. The van der Waals surface area contributed by atoms with Crippen LogP contribution in [-0.2, 0) is 9.47 Å². The largest absolute Gasteiger partial charge is 0.449 e. The molecule has 0 atom stereocenters. The Morgan fingerprint density at radius 3 is 2.47 bits per heavy atom. The fourth-order valence-corrected chi connectivity index (χ4v) is 1.33. The third-order valence-corrected chi connectivity index (χ3v) is 2.18. The van der Waals surface area contributed by atoms with E-state index >= 15 is 0 Å². The molecule has 0 fully saturated rings. The fourth-order valence-electron chi connectivity index (χ4n) is 1.33. The summed E-state index contributed by atoms with van der Waals surface area (Å²) in [5.41, 5.74) is -0.143. The summed E-state index contributed by atoms with van der Waals surface area (Å²) in [6, 6.07) is 0. The quantitative estimate of drug-likeness (QED) is 0.657. The van der Waals surface area contributed by atoms with Gasteiger partial charge in [-0.05, 0) is 27.1 Å².